The van der Waals surface area contributed by atoms with Crippen molar-refractivity contribution in [3.05, 3.63) is 74.9 Å². The van der Waals surface area contributed by atoms with Gasteiger partial charge in [-0.3, -0.25) is 14.4 Å². The SMILES string of the molecule is COc1ccc2[nH]c(C)c(-c3csc(NC(=O)CCCNc4ccc5c(cc4=O)[C@@H](NC(C)=O)CCc4cc(OC)c(OC)c(OC)c4-5)n3)c2c1. The van der Waals surface area contributed by atoms with E-state index in [1.807, 2.05) is 42.6 Å². The zero-order chi connectivity index (χ0) is 36.2. The molecule has 0 saturated heterocycles. The molecule has 12 nitrogen and oxygen atoms in total. The zero-order valence-electron chi connectivity index (χ0n) is 29.4. The third kappa shape index (κ3) is 7.20. The third-order valence-corrected chi connectivity index (χ3v) is 9.77. The molecular weight excluding hydrogens is 671 g/mol. The molecule has 2 amide bonds. The van der Waals surface area contributed by atoms with Crippen molar-refractivity contribution in [2.45, 2.75) is 45.6 Å². The Balaban J connectivity index is 1.17. The molecule has 1 atom stereocenters. The molecule has 4 N–H and O–H groups in total. The number of hydrogen-bond acceptors (Lipinski definition) is 10. The molecule has 0 aliphatic heterocycles. The predicted octanol–water partition coefficient (Wildman–Crippen LogP) is 6.62. The van der Waals surface area contributed by atoms with Gasteiger partial charge in [-0.25, -0.2) is 4.98 Å². The van der Waals surface area contributed by atoms with Gasteiger partial charge in [-0.2, -0.15) is 0 Å². The number of aromatic amines is 1. The summed E-state index contributed by atoms with van der Waals surface area (Å²) in [6, 6.07) is 12.5. The van der Waals surface area contributed by atoms with E-state index in [1.165, 1.54) is 18.3 Å². The van der Waals surface area contributed by atoms with E-state index < -0.39 is 6.04 Å². The van der Waals surface area contributed by atoms with E-state index in [-0.39, 0.29) is 23.7 Å². The molecule has 1 aliphatic carbocycles. The molecule has 0 saturated carbocycles. The summed E-state index contributed by atoms with van der Waals surface area (Å²) in [7, 11) is 6.32. The van der Waals surface area contributed by atoms with Crippen molar-refractivity contribution in [3.8, 4) is 45.4 Å². The molecule has 6 rings (SSSR count). The van der Waals surface area contributed by atoms with E-state index in [1.54, 1.807) is 40.6 Å². The lowest BCUT2D eigenvalue weighted by molar-refractivity contribution is -0.119. The Morgan fingerprint density at radius 2 is 1.78 bits per heavy atom. The molecule has 2 heterocycles. The number of aromatic nitrogens is 2. The van der Waals surface area contributed by atoms with Crippen molar-refractivity contribution in [3.63, 3.8) is 0 Å². The standard InChI is InChI=1S/C38H41N5O7S/c1-20-34(26-17-23(47-3)10-13-28(26)40-20)30-19-51-38(42-30)43-33(46)8-7-15-39-29-14-11-24-25(18-31(29)45)27(41-21(2)44)12-9-22-16-32(48-4)36(49-5)37(50-6)35(22)24/h10-11,13-14,16-19,27,40H,7-9,12,15H2,1-6H3,(H,39,45)(H,41,44)(H,42,43,46)/t27-/m0/s1. The number of ether oxygens (including phenoxy) is 4. The van der Waals surface area contributed by atoms with E-state index in [4.69, 9.17) is 18.9 Å². The summed E-state index contributed by atoms with van der Waals surface area (Å²) >= 11 is 1.36. The normalized spacial score (nSPS) is 13.4. The minimum Gasteiger partial charge on any atom is -0.497 e. The average molecular weight is 712 g/mol. The van der Waals surface area contributed by atoms with Gasteiger partial charge in [-0.05, 0) is 79.3 Å². The molecule has 51 heavy (non-hydrogen) atoms. The molecule has 266 valence electrons. The number of hydrogen-bond donors (Lipinski definition) is 4. The molecule has 0 spiro atoms. The van der Waals surface area contributed by atoms with Crippen LogP contribution in [-0.4, -0.2) is 56.8 Å². The van der Waals surface area contributed by atoms with Gasteiger partial charge in [0.05, 0.1) is 45.9 Å². The largest absolute Gasteiger partial charge is 0.497 e. The van der Waals surface area contributed by atoms with E-state index in [9.17, 15) is 14.4 Å². The van der Waals surface area contributed by atoms with Gasteiger partial charge in [-0.15, -0.1) is 11.3 Å². The Hall–Kier alpha value is -5.56. The first-order valence-corrected chi connectivity index (χ1v) is 17.5. The Kier molecular flexibility index (Phi) is 10.5. The van der Waals surface area contributed by atoms with Crippen molar-refractivity contribution in [1.29, 1.82) is 0 Å². The molecular formula is C38H41N5O7S. The summed E-state index contributed by atoms with van der Waals surface area (Å²) in [5, 5.41) is 12.6. The van der Waals surface area contributed by atoms with Crippen LogP contribution in [0.3, 0.4) is 0 Å². The summed E-state index contributed by atoms with van der Waals surface area (Å²) in [6.07, 6.45) is 1.88. The van der Waals surface area contributed by atoms with Crippen molar-refractivity contribution < 1.29 is 28.5 Å². The van der Waals surface area contributed by atoms with Crippen molar-refractivity contribution >= 4 is 44.9 Å². The number of thiazole rings is 1. The number of fused-ring (bicyclic) bond motifs is 4. The van der Waals surface area contributed by atoms with Crippen LogP contribution < -0.4 is 40.3 Å². The molecule has 5 aromatic rings. The van der Waals surface area contributed by atoms with Crippen LogP contribution in [0.4, 0.5) is 10.8 Å². The molecule has 3 aromatic carbocycles. The smallest absolute Gasteiger partial charge is 0.226 e. The molecule has 1 aliphatic rings. The van der Waals surface area contributed by atoms with Crippen LogP contribution in [0.2, 0.25) is 0 Å². The number of benzene rings is 2. The van der Waals surface area contributed by atoms with Crippen molar-refractivity contribution in [2.75, 3.05) is 45.6 Å². The number of H-pyrrole nitrogens is 1. The maximum atomic E-state index is 13.6. The number of carbonyl (C=O) groups is 2. The first-order chi connectivity index (χ1) is 24.6. The van der Waals surface area contributed by atoms with Crippen LogP contribution in [0, 0.1) is 6.92 Å². The number of nitrogens with one attached hydrogen (secondary N) is 4. The highest BCUT2D eigenvalue weighted by molar-refractivity contribution is 7.14. The van der Waals surface area contributed by atoms with Gasteiger partial charge in [0.1, 0.15) is 5.75 Å². The quantitative estimate of drug-likeness (QED) is 0.105. The fraction of sp³-hybridized carbons (Fsp3) is 0.316. The van der Waals surface area contributed by atoms with E-state index in [0.29, 0.717) is 59.4 Å². The first-order valence-electron chi connectivity index (χ1n) is 16.6. The van der Waals surface area contributed by atoms with E-state index >= 15 is 0 Å². The van der Waals surface area contributed by atoms with Crippen molar-refractivity contribution in [1.82, 2.24) is 15.3 Å². The average Bonchev–Trinajstić information content (AvgIpc) is 3.62. The van der Waals surface area contributed by atoms with Gasteiger partial charge in [0.15, 0.2) is 16.6 Å². The Morgan fingerprint density at radius 1 is 0.980 bits per heavy atom. The molecule has 2 aromatic heterocycles. The number of nitrogens with zero attached hydrogens (tertiary/aromatic N) is 1. The van der Waals surface area contributed by atoms with Gasteiger partial charge < -0.3 is 39.9 Å². The van der Waals surface area contributed by atoms with Crippen LogP contribution in [0.1, 0.15) is 49.0 Å². The van der Waals surface area contributed by atoms with E-state index in [0.717, 1.165) is 50.3 Å². The summed E-state index contributed by atoms with van der Waals surface area (Å²) < 4.78 is 22.5. The maximum absolute atomic E-state index is 13.6. The second kappa shape index (κ2) is 15.1. The molecule has 0 fully saturated rings. The van der Waals surface area contributed by atoms with Gasteiger partial charge in [0.25, 0.3) is 0 Å². The summed E-state index contributed by atoms with van der Waals surface area (Å²) in [5.41, 5.74) is 6.98. The van der Waals surface area contributed by atoms with Crippen LogP contribution in [0.15, 0.2) is 52.6 Å². The van der Waals surface area contributed by atoms with Crippen LogP contribution in [-0.2, 0) is 16.0 Å². The van der Waals surface area contributed by atoms with Crippen LogP contribution in [0.25, 0.3) is 33.3 Å². The van der Waals surface area contributed by atoms with Crippen LogP contribution >= 0.6 is 11.3 Å². The van der Waals surface area contributed by atoms with E-state index in [2.05, 4.69) is 25.9 Å². The van der Waals surface area contributed by atoms with Crippen molar-refractivity contribution in [2.24, 2.45) is 0 Å². The fourth-order valence-corrected chi connectivity index (χ4v) is 7.43. The number of methoxy groups -OCH3 is 4. The lowest BCUT2D eigenvalue weighted by Gasteiger charge is -2.19. The summed E-state index contributed by atoms with van der Waals surface area (Å²) in [6.45, 7) is 3.84. The monoisotopic (exact) mass is 711 g/mol. The maximum Gasteiger partial charge on any atom is 0.226 e. The zero-order valence-corrected chi connectivity index (χ0v) is 30.3. The molecule has 13 heteroatoms. The second-order valence-corrected chi connectivity index (χ2v) is 13.1. The Morgan fingerprint density at radius 3 is 2.51 bits per heavy atom. The highest BCUT2D eigenvalue weighted by Crippen LogP contribution is 2.50. The minimum atomic E-state index is -0.405. The van der Waals surface area contributed by atoms with Gasteiger partial charge in [0.2, 0.25) is 23.0 Å². The summed E-state index contributed by atoms with van der Waals surface area (Å²) in [4.78, 5) is 46.8. The lowest BCUT2D eigenvalue weighted by atomic mass is 9.95. The van der Waals surface area contributed by atoms with Gasteiger partial charge >= 0.3 is 0 Å². The number of aryl methyl sites for hydroxylation is 2. The van der Waals surface area contributed by atoms with Crippen LogP contribution in [0.5, 0.6) is 23.0 Å². The highest BCUT2D eigenvalue weighted by atomic mass is 32.1. The topological polar surface area (TPSA) is 153 Å². The number of rotatable bonds is 12. The first kappa shape index (κ1) is 35.3. The van der Waals surface area contributed by atoms with Gasteiger partial charge in [-0.1, -0.05) is 6.07 Å². The Labute approximate surface area is 299 Å². The predicted molar refractivity (Wildman–Crippen MR) is 200 cm³/mol. The minimum absolute atomic E-state index is 0.172. The fourth-order valence-electron chi connectivity index (χ4n) is 6.72. The Bertz CT molecular complexity index is 2180. The number of amides is 2. The number of anilines is 2. The summed E-state index contributed by atoms with van der Waals surface area (Å²) in [5.74, 6) is 1.84. The number of carbonyl (C=O) groups excluding carboxylic acids is 2. The highest BCUT2D eigenvalue weighted by Gasteiger charge is 2.29. The third-order valence-electron chi connectivity index (χ3n) is 9.01. The molecule has 0 radical (unpaired) electrons. The van der Waals surface area contributed by atoms with Gasteiger partial charge in [0, 0.05) is 53.0 Å². The molecule has 0 bridgehead atoms. The second-order valence-electron chi connectivity index (χ2n) is 12.2. The lowest BCUT2D eigenvalue weighted by Crippen LogP contribution is -2.26. The molecule has 0 unspecified atom stereocenters.